The SMILES string of the molecule is CN=C(NCCCCNc1ccccn1)NCc1nc(C)c(C)o1.I. The lowest BCUT2D eigenvalue weighted by molar-refractivity contribution is 0.463. The largest absolute Gasteiger partial charge is 0.444 e. The third-order valence-corrected chi connectivity index (χ3v) is 3.57. The van der Waals surface area contributed by atoms with E-state index < -0.39 is 0 Å². The first-order valence-corrected chi connectivity index (χ1v) is 8.21. The molecular formula is C17H27IN6O. The molecule has 0 spiro atoms. The van der Waals surface area contributed by atoms with Crippen molar-refractivity contribution in [3.63, 3.8) is 0 Å². The molecule has 7 nitrogen and oxygen atoms in total. The van der Waals surface area contributed by atoms with Crippen LogP contribution in [0.1, 0.15) is 30.2 Å². The van der Waals surface area contributed by atoms with Crippen LogP contribution in [0.3, 0.4) is 0 Å². The van der Waals surface area contributed by atoms with E-state index in [0.717, 1.165) is 49.2 Å². The van der Waals surface area contributed by atoms with Gasteiger partial charge in [-0.1, -0.05) is 6.07 Å². The van der Waals surface area contributed by atoms with E-state index in [-0.39, 0.29) is 24.0 Å². The monoisotopic (exact) mass is 458 g/mol. The van der Waals surface area contributed by atoms with E-state index in [2.05, 4.69) is 30.9 Å². The maximum Gasteiger partial charge on any atom is 0.214 e. The summed E-state index contributed by atoms with van der Waals surface area (Å²) in [4.78, 5) is 12.8. The summed E-state index contributed by atoms with van der Waals surface area (Å²) in [6.45, 7) is 6.13. The van der Waals surface area contributed by atoms with E-state index in [4.69, 9.17) is 4.42 Å². The van der Waals surface area contributed by atoms with Crippen LogP contribution in [-0.4, -0.2) is 36.1 Å². The number of aromatic nitrogens is 2. The van der Waals surface area contributed by atoms with Gasteiger partial charge in [0.2, 0.25) is 5.89 Å². The van der Waals surface area contributed by atoms with Crippen molar-refractivity contribution in [3.05, 3.63) is 41.7 Å². The number of anilines is 1. The highest BCUT2D eigenvalue weighted by molar-refractivity contribution is 14.0. The molecule has 8 heteroatoms. The van der Waals surface area contributed by atoms with Crippen molar-refractivity contribution in [1.82, 2.24) is 20.6 Å². The average molecular weight is 458 g/mol. The minimum Gasteiger partial charge on any atom is -0.444 e. The van der Waals surface area contributed by atoms with Gasteiger partial charge in [-0.25, -0.2) is 9.97 Å². The Balaban J connectivity index is 0.00000312. The first-order valence-electron chi connectivity index (χ1n) is 8.21. The molecule has 0 unspecified atom stereocenters. The highest BCUT2D eigenvalue weighted by Crippen LogP contribution is 2.07. The van der Waals surface area contributed by atoms with E-state index in [1.165, 1.54) is 0 Å². The van der Waals surface area contributed by atoms with Crippen LogP contribution in [0.2, 0.25) is 0 Å². The van der Waals surface area contributed by atoms with Crippen molar-refractivity contribution >= 4 is 35.8 Å². The number of unbranched alkanes of at least 4 members (excludes halogenated alkanes) is 1. The Bertz CT molecular complexity index is 624. The summed E-state index contributed by atoms with van der Waals surface area (Å²) < 4.78 is 5.54. The lowest BCUT2D eigenvalue weighted by Gasteiger charge is -2.10. The Morgan fingerprint density at radius 1 is 1.16 bits per heavy atom. The number of nitrogens with zero attached hydrogens (tertiary/aromatic N) is 3. The van der Waals surface area contributed by atoms with E-state index in [0.29, 0.717) is 12.4 Å². The van der Waals surface area contributed by atoms with Gasteiger partial charge in [-0.2, -0.15) is 0 Å². The van der Waals surface area contributed by atoms with Crippen molar-refractivity contribution < 1.29 is 4.42 Å². The van der Waals surface area contributed by atoms with E-state index >= 15 is 0 Å². The van der Waals surface area contributed by atoms with Crippen LogP contribution in [-0.2, 0) is 6.54 Å². The van der Waals surface area contributed by atoms with Crippen molar-refractivity contribution in [2.45, 2.75) is 33.2 Å². The van der Waals surface area contributed by atoms with Gasteiger partial charge in [-0.3, -0.25) is 4.99 Å². The third-order valence-electron chi connectivity index (χ3n) is 3.57. The number of pyridine rings is 1. The Morgan fingerprint density at radius 3 is 2.60 bits per heavy atom. The van der Waals surface area contributed by atoms with Gasteiger partial charge in [0.15, 0.2) is 5.96 Å². The van der Waals surface area contributed by atoms with Crippen LogP contribution >= 0.6 is 24.0 Å². The molecule has 25 heavy (non-hydrogen) atoms. The predicted octanol–water partition coefficient (Wildman–Crippen LogP) is 2.86. The number of aryl methyl sites for hydroxylation is 2. The summed E-state index contributed by atoms with van der Waals surface area (Å²) in [6.07, 6.45) is 3.88. The Morgan fingerprint density at radius 2 is 1.96 bits per heavy atom. The highest BCUT2D eigenvalue weighted by Gasteiger charge is 2.06. The molecule has 0 radical (unpaired) electrons. The van der Waals surface area contributed by atoms with Crippen LogP contribution < -0.4 is 16.0 Å². The van der Waals surface area contributed by atoms with Gasteiger partial charge in [-0.15, -0.1) is 24.0 Å². The molecule has 0 amide bonds. The molecule has 0 atom stereocenters. The number of nitrogens with one attached hydrogen (secondary N) is 3. The summed E-state index contributed by atoms with van der Waals surface area (Å²) in [5, 5.41) is 9.78. The van der Waals surface area contributed by atoms with Crippen molar-refractivity contribution in [2.75, 3.05) is 25.5 Å². The Labute approximate surface area is 166 Å². The maximum absolute atomic E-state index is 5.54. The fraction of sp³-hybridized carbons (Fsp3) is 0.471. The minimum absolute atomic E-state index is 0. The van der Waals surface area contributed by atoms with Crippen LogP contribution in [0, 0.1) is 13.8 Å². The lowest BCUT2D eigenvalue weighted by Crippen LogP contribution is -2.37. The molecule has 0 aromatic carbocycles. The predicted molar refractivity (Wildman–Crippen MR) is 112 cm³/mol. The third kappa shape index (κ3) is 7.72. The highest BCUT2D eigenvalue weighted by atomic mass is 127. The van der Waals surface area contributed by atoms with Gasteiger partial charge in [0.1, 0.15) is 11.6 Å². The first-order chi connectivity index (χ1) is 11.7. The fourth-order valence-corrected chi connectivity index (χ4v) is 2.14. The Hall–Kier alpha value is -1.84. The molecule has 0 bridgehead atoms. The lowest BCUT2D eigenvalue weighted by atomic mass is 10.3. The van der Waals surface area contributed by atoms with Gasteiger partial charge in [0.05, 0.1) is 12.2 Å². The summed E-state index contributed by atoms with van der Waals surface area (Å²) in [5.74, 6) is 3.20. The zero-order valence-electron chi connectivity index (χ0n) is 15.0. The standard InChI is InChI=1S/C17H26N6O.HI/c1-13-14(2)24-16(23-13)12-22-17(18-3)21-11-7-6-10-20-15-8-4-5-9-19-15;/h4-5,8-9H,6-7,10-12H2,1-3H3,(H,19,20)(H2,18,21,22);1H. The summed E-state index contributed by atoms with van der Waals surface area (Å²) in [7, 11) is 1.75. The van der Waals surface area contributed by atoms with Crippen LogP contribution in [0.4, 0.5) is 5.82 Å². The molecule has 2 aromatic rings. The fourth-order valence-electron chi connectivity index (χ4n) is 2.14. The number of hydrogen-bond donors (Lipinski definition) is 3. The van der Waals surface area contributed by atoms with Gasteiger partial charge in [0, 0.05) is 26.3 Å². The Kier molecular flexibility index (Phi) is 9.90. The quantitative estimate of drug-likeness (QED) is 0.244. The number of hydrogen-bond acceptors (Lipinski definition) is 5. The second-order valence-electron chi connectivity index (χ2n) is 5.45. The number of aliphatic imine (C=N–C) groups is 1. The van der Waals surface area contributed by atoms with Crippen molar-refractivity contribution in [1.29, 1.82) is 0 Å². The zero-order valence-corrected chi connectivity index (χ0v) is 17.3. The van der Waals surface area contributed by atoms with Gasteiger partial charge in [-0.05, 0) is 38.8 Å². The van der Waals surface area contributed by atoms with Crippen LogP contribution in [0.25, 0.3) is 0 Å². The number of rotatable bonds is 8. The summed E-state index contributed by atoms with van der Waals surface area (Å²) >= 11 is 0. The molecule has 2 aromatic heterocycles. The van der Waals surface area contributed by atoms with Gasteiger partial charge < -0.3 is 20.4 Å². The van der Waals surface area contributed by atoms with E-state index in [1.54, 1.807) is 13.2 Å². The number of guanidine groups is 1. The maximum atomic E-state index is 5.54. The second kappa shape index (κ2) is 11.7. The van der Waals surface area contributed by atoms with Crippen LogP contribution in [0.15, 0.2) is 33.8 Å². The van der Waals surface area contributed by atoms with Crippen LogP contribution in [0.5, 0.6) is 0 Å². The topological polar surface area (TPSA) is 87.4 Å². The van der Waals surface area contributed by atoms with Gasteiger partial charge in [0.25, 0.3) is 0 Å². The molecule has 0 saturated heterocycles. The van der Waals surface area contributed by atoms with E-state index in [9.17, 15) is 0 Å². The summed E-state index contributed by atoms with van der Waals surface area (Å²) in [6, 6.07) is 5.86. The molecule has 2 rings (SSSR count). The van der Waals surface area contributed by atoms with E-state index in [1.807, 2.05) is 32.0 Å². The molecule has 0 aliphatic rings. The smallest absolute Gasteiger partial charge is 0.214 e. The zero-order chi connectivity index (χ0) is 17.2. The minimum atomic E-state index is 0. The normalized spacial score (nSPS) is 10.9. The molecule has 0 aliphatic carbocycles. The molecule has 0 saturated carbocycles. The molecule has 0 fully saturated rings. The molecule has 3 N–H and O–H groups in total. The molecule has 138 valence electrons. The number of halogens is 1. The summed E-state index contributed by atoms with van der Waals surface area (Å²) in [5.41, 5.74) is 0.926. The van der Waals surface area contributed by atoms with Gasteiger partial charge >= 0.3 is 0 Å². The molecule has 0 aliphatic heterocycles. The molecular weight excluding hydrogens is 431 g/mol. The van der Waals surface area contributed by atoms with Crippen molar-refractivity contribution in [2.24, 2.45) is 4.99 Å². The average Bonchev–Trinajstić information content (AvgIpc) is 2.92. The molecule has 2 heterocycles. The van der Waals surface area contributed by atoms with Crippen molar-refractivity contribution in [3.8, 4) is 0 Å². The number of oxazole rings is 1. The first kappa shape index (κ1) is 21.2. The second-order valence-corrected chi connectivity index (χ2v) is 5.45.